The molecular formula is C28H25NOS. The lowest BCUT2D eigenvalue weighted by atomic mass is 10.0. The van der Waals surface area contributed by atoms with Crippen LogP contribution in [0.15, 0.2) is 108 Å². The quantitative estimate of drug-likeness (QED) is 0.320. The summed E-state index contributed by atoms with van der Waals surface area (Å²) >= 11 is 1.82. The summed E-state index contributed by atoms with van der Waals surface area (Å²) in [5.41, 5.74) is 6.55. The Morgan fingerprint density at radius 2 is 1.35 bits per heavy atom. The monoisotopic (exact) mass is 423 g/mol. The van der Waals surface area contributed by atoms with Gasteiger partial charge in [-0.1, -0.05) is 84.9 Å². The van der Waals surface area contributed by atoms with Crippen molar-refractivity contribution in [2.75, 3.05) is 5.32 Å². The van der Waals surface area contributed by atoms with E-state index in [0.717, 1.165) is 28.1 Å². The third-order valence-electron chi connectivity index (χ3n) is 5.14. The molecule has 0 bridgehead atoms. The minimum Gasteiger partial charge on any atom is -0.326 e. The highest BCUT2D eigenvalue weighted by Crippen LogP contribution is 2.25. The maximum Gasteiger partial charge on any atom is 0.228 e. The highest BCUT2D eigenvalue weighted by molar-refractivity contribution is 7.98. The normalized spacial score (nSPS) is 10.6. The molecule has 0 aliphatic rings. The molecule has 0 unspecified atom stereocenters. The zero-order valence-electron chi connectivity index (χ0n) is 17.5. The van der Waals surface area contributed by atoms with Crippen molar-refractivity contribution in [3.05, 3.63) is 120 Å². The summed E-state index contributed by atoms with van der Waals surface area (Å²) in [6, 6.07) is 35.1. The maximum absolute atomic E-state index is 12.6. The number of hydrogen-bond donors (Lipinski definition) is 1. The molecule has 154 valence electrons. The van der Waals surface area contributed by atoms with Gasteiger partial charge in [0.15, 0.2) is 0 Å². The Hall–Kier alpha value is -3.30. The van der Waals surface area contributed by atoms with Crippen LogP contribution in [0.4, 0.5) is 5.69 Å². The summed E-state index contributed by atoms with van der Waals surface area (Å²) in [5, 5.41) is 3.06. The molecule has 4 aromatic rings. The van der Waals surface area contributed by atoms with Crippen molar-refractivity contribution in [1.82, 2.24) is 0 Å². The van der Waals surface area contributed by atoms with Crippen LogP contribution in [0.1, 0.15) is 16.7 Å². The van der Waals surface area contributed by atoms with Gasteiger partial charge in [0.2, 0.25) is 5.91 Å². The van der Waals surface area contributed by atoms with Gasteiger partial charge in [0, 0.05) is 16.3 Å². The Bertz CT molecular complexity index is 1140. The number of benzene rings is 4. The standard InChI is InChI=1S/C28H25NOS/c1-21-18-23(20-31-26-10-6-3-7-11-26)14-17-27(21)29-28(30)19-22-12-15-25(16-13-22)24-8-4-2-5-9-24/h2-18H,19-20H2,1H3,(H,29,30). The SMILES string of the molecule is Cc1cc(CSc2ccccc2)ccc1NC(=O)Cc1ccc(-c2ccccc2)cc1. The smallest absolute Gasteiger partial charge is 0.228 e. The van der Waals surface area contributed by atoms with Crippen LogP contribution in [0.5, 0.6) is 0 Å². The van der Waals surface area contributed by atoms with Gasteiger partial charge in [0.1, 0.15) is 0 Å². The van der Waals surface area contributed by atoms with Crippen molar-refractivity contribution in [2.45, 2.75) is 24.0 Å². The van der Waals surface area contributed by atoms with Crippen molar-refractivity contribution in [3.8, 4) is 11.1 Å². The Labute approximate surface area is 188 Å². The fourth-order valence-electron chi connectivity index (χ4n) is 3.46. The lowest BCUT2D eigenvalue weighted by Gasteiger charge is -2.11. The number of anilines is 1. The predicted molar refractivity (Wildman–Crippen MR) is 131 cm³/mol. The molecule has 0 spiro atoms. The number of carbonyl (C=O) groups excluding carboxylic acids is 1. The molecule has 1 amide bonds. The van der Waals surface area contributed by atoms with E-state index in [2.05, 4.69) is 66.0 Å². The van der Waals surface area contributed by atoms with Crippen LogP contribution in [-0.4, -0.2) is 5.91 Å². The van der Waals surface area contributed by atoms with Gasteiger partial charge >= 0.3 is 0 Å². The molecule has 0 saturated heterocycles. The molecule has 4 aromatic carbocycles. The fourth-order valence-corrected chi connectivity index (χ4v) is 4.33. The molecule has 3 heteroatoms. The average Bonchev–Trinajstić information content (AvgIpc) is 2.81. The summed E-state index contributed by atoms with van der Waals surface area (Å²) in [7, 11) is 0. The van der Waals surface area contributed by atoms with Crippen molar-refractivity contribution >= 4 is 23.4 Å². The van der Waals surface area contributed by atoms with Crippen molar-refractivity contribution in [2.24, 2.45) is 0 Å². The van der Waals surface area contributed by atoms with E-state index in [9.17, 15) is 4.79 Å². The number of amides is 1. The first-order chi connectivity index (χ1) is 15.2. The fraction of sp³-hybridized carbons (Fsp3) is 0.107. The summed E-state index contributed by atoms with van der Waals surface area (Å²) in [4.78, 5) is 13.8. The molecule has 0 aliphatic heterocycles. The van der Waals surface area contributed by atoms with Crippen LogP contribution in [-0.2, 0) is 17.0 Å². The van der Waals surface area contributed by atoms with E-state index in [1.165, 1.54) is 16.0 Å². The maximum atomic E-state index is 12.6. The number of aryl methyl sites for hydroxylation is 1. The van der Waals surface area contributed by atoms with Gasteiger partial charge in [-0.25, -0.2) is 0 Å². The summed E-state index contributed by atoms with van der Waals surface area (Å²) in [6.45, 7) is 2.04. The van der Waals surface area contributed by atoms with E-state index in [0.29, 0.717) is 6.42 Å². The van der Waals surface area contributed by atoms with E-state index in [4.69, 9.17) is 0 Å². The molecule has 4 rings (SSSR count). The van der Waals surface area contributed by atoms with Crippen LogP contribution in [0, 0.1) is 6.92 Å². The van der Waals surface area contributed by atoms with Gasteiger partial charge in [-0.15, -0.1) is 11.8 Å². The predicted octanol–water partition coefficient (Wildman–Crippen LogP) is 7.14. The molecule has 0 radical (unpaired) electrons. The van der Waals surface area contributed by atoms with Crippen LogP contribution in [0.2, 0.25) is 0 Å². The van der Waals surface area contributed by atoms with E-state index < -0.39 is 0 Å². The second-order valence-electron chi connectivity index (χ2n) is 7.54. The topological polar surface area (TPSA) is 29.1 Å². The minimum atomic E-state index is 0.00183. The van der Waals surface area contributed by atoms with Crippen LogP contribution >= 0.6 is 11.8 Å². The summed E-state index contributed by atoms with van der Waals surface area (Å²) < 4.78 is 0. The highest BCUT2D eigenvalue weighted by atomic mass is 32.2. The third-order valence-corrected chi connectivity index (χ3v) is 6.22. The second kappa shape index (κ2) is 10.1. The Morgan fingerprint density at radius 1 is 0.742 bits per heavy atom. The van der Waals surface area contributed by atoms with Gasteiger partial charge in [-0.3, -0.25) is 4.79 Å². The number of rotatable bonds is 7. The first-order valence-electron chi connectivity index (χ1n) is 10.4. The van der Waals surface area contributed by atoms with Gasteiger partial charge in [-0.2, -0.15) is 0 Å². The third kappa shape index (κ3) is 5.87. The van der Waals surface area contributed by atoms with E-state index in [-0.39, 0.29) is 5.91 Å². The largest absolute Gasteiger partial charge is 0.326 e. The highest BCUT2D eigenvalue weighted by Gasteiger charge is 2.08. The average molecular weight is 424 g/mol. The van der Waals surface area contributed by atoms with Crippen molar-refractivity contribution < 1.29 is 4.79 Å². The van der Waals surface area contributed by atoms with E-state index >= 15 is 0 Å². The number of hydrogen-bond acceptors (Lipinski definition) is 2. The van der Waals surface area contributed by atoms with Crippen LogP contribution < -0.4 is 5.32 Å². The molecule has 2 nitrogen and oxygen atoms in total. The zero-order chi connectivity index (χ0) is 21.5. The van der Waals surface area contributed by atoms with Gasteiger partial charge in [0.05, 0.1) is 6.42 Å². The number of carbonyl (C=O) groups is 1. The lowest BCUT2D eigenvalue weighted by molar-refractivity contribution is -0.115. The van der Waals surface area contributed by atoms with Crippen molar-refractivity contribution in [1.29, 1.82) is 0 Å². The lowest BCUT2D eigenvalue weighted by Crippen LogP contribution is -2.15. The summed E-state index contributed by atoms with van der Waals surface area (Å²) in [5.74, 6) is 0.911. The van der Waals surface area contributed by atoms with Crippen LogP contribution in [0.25, 0.3) is 11.1 Å². The van der Waals surface area contributed by atoms with E-state index in [1.54, 1.807) is 0 Å². The number of nitrogens with one attached hydrogen (secondary N) is 1. The second-order valence-corrected chi connectivity index (χ2v) is 8.59. The first kappa shape index (κ1) is 21.0. The minimum absolute atomic E-state index is 0.00183. The Morgan fingerprint density at radius 3 is 2.03 bits per heavy atom. The van der Waals surface area contributed by atoms with E-state index in [1.807, 2.05) is 61.2 Å². The van der Waals surface area contributed by atoms with Gasteiger partial charge in [0.25, 0.3) is 0 Å². The molecule has 31 heavy (non-hydrogen) atoms. The molecule has 0 atom stereocenters. The number of thioether (sulfide) groups is 1. The van der Waals surface area contributed by atoms with Crippen molar-refractivity contribution in [3.63, 3.8) is 0 Å². The molecule has 0 fully saturated rings. The molecule has 0 aliphatic carbocycles. The molecule has 0 aromatic heterocycles. The summed E-state index contributed by atoms with van der Waals surface area (Å²) in [6.07, 6.45) is 0.361. The van der Waals surface area contributed by atoms with Crippen LogP contribution in [0.3, 0.4) is 0 Å². The molecule has 0 saturated carbocycles. The van der Waals surface area contributed by atoms with Gasteiger partial charge < -0.3 is 5.32 Å². The van der Waals surface area contributed by atoms with Gasteiger partial charge in [-0.05, 0) is 52.9 Å². The molecule has 1 N–H and O–H groups in total. The molecular weight excluding hydrogens is 398 g/mol. The molecule has 0 heterocycles. The zero-order valence-corrected chi connectivity index (χ0v) is 18.4. The Kier molecular flexibility index (Phi) is 6.85. The first-order valence-corrected chi connectivity index (χ1v) is 11.4. The Balaban J connectivity index is 1.34.